The van der Waals surface area contributed by atoms with Crippen molar-refractivity contribution >= 4 is 33.5 Å². The number of likely N-dealkylation sites (N-methyl/N-ethyl adjacent to an activating group) is 1. The van der Waals surface area contributed by atoms with E-state index in [4.69, 9.17) is 17.3 Å². The van der Waals surface area contributed by atoms with E-state index in [2.05, 4.69) is 27.8 Å². The maximum atomic E-state index is 6.26. The van der Waals surface area contributed by atoms with E-state index in [1.165, 1.54) is 0 Å². The maximum Gasteiger partial charge on any atom is 0.191 e. The minimum atomic E-state index is -0.248. The normalized spacial score (nSPS) is 24.8. The molecule has 0 spiro atoms. The summed E-state index contributed by atoms with van der Waals surface area (Å²) in [5.74, 6) is 0.557. The van der Waals surface area contributed by atoms with Crippen LogP contribution in [0.5, 0.6) is 0 Å². The number of rotatable bonds is 1. The Kier molecular flexibility index (Phi) is 2.88. The van der Waals surface area contributed by atoms with E-state index in [0.717, 1.165) is 15.1 Å². The smallest absolute Gasteiger partial charge is 0.191 e. The largest absolute Gasteiger partial charge is 0.370 e. The van der Waals surface area contributed by atoms with Gasteiger partial charge in [-0.15, -0.1) is 0 Å². The van der Waals surface area contributed by atoms with Crippen molar-refractivity contribution < 1.29 is 0 Å². The Bertz CT molecular complexity index is 461. The second-order valence-electron chi connectivity index (χ2n) is 4.13. The molecule has 1 atom stereocenters. The standard InChI is InChI=1S/C11H13BrClN3/c1-11(6-15-10(14)16(11)2)8-4-3-7(12)5-9(8)13/h3-5H,6H2,1-2H3,(H2,14,15). The van der Waals surface area contributed by atoms with Gasteiger partial charge >= 0.3 is 0 Å². The minimum Gasteiger partial charge on any atom is -0.370 e. The number of hydrogen-bond donors (Lipinski definition) is 1. The molecule has 0 saturated carbocycles. The van der Waals surface area contributed by atoms with Crippen LogP contribution in [0, 0.1) is 0 Å². The lowest BCUT2D eigenvalue weighted by molar-refractivity contribution is 0.267. The summed E-state index contributed by atoms with van der Waals surface area (Å²) >= 11 is 9.66. The predicted molar refractivity (Wildman–Crippen MR) is 70.8 cm³/mol. The molecular formula is C11H13BrClN3. The first-order valence-electron chi connectivity index (χ1n) is 4.94. The summed E-state index contributed by atoms with van der Waals surface area (Å²) in [7, 11) is 1.93. The number of halogens is 2. The van der Waals surface area contributed by atoms with Gasteiger partial charge in [-0.2, -0.15) is 0 Å². The van der Waals surface area contributed by atoms with Gasteiger partial charge in [0.2, 0.25) is 0 Å². The van der Waals surface area contributed by atoms with E-state index >= 15 is 0 Å². The Morgan fingerprint density at radius 3 is 2.75 bits per heavy atom. The van der Waals surface area contributed by atoms with Crippen molar-refractivity contribution in [3.8, 4) is 0 Å². The number of aliphatic imine (C=N–C) groups is 1. The lowest BCUT2D eigenvalue weighted by Gasteiger charge is -2.34. The summed E-state index contributed by atoms with van der Waals surface area (Å²) in [6, 6.07) is 5.89. The average molecular weight is 303 g/mol. The van der Waals surface area contributed by atoms with Crippen LogP contribution in [0.2, 0.25) is 5.02 Å². The molecule has 0 fully saturated rings. The van der Waals surface area contributed by atoms with Crippen molar-refractivity contribution in [1.82, 2.24) is 4.90 Å². The quantitative estimate of drug-likeness (QED) is 0.866. The molecule has 2 rings (SSSR count). The van der Waals surface area contributed by atoms with Crippen LogP contribution in [0.4, 0.5) is 0 Å². The van der Waals surface area contributed by atoms with Crippen LogP contribution in [0.3, 0.4) is 0 Å². The number of benzene rings is 1. The molecule has 1 aromatic carbocycles. The van der Waals surface area contributed by atoms with Gasteiger partial charge in [-0.1, -0.05) is 33.6 Å². The summed E-state index contributed by atoms with van der Waals surface area (Å²) in [6.07, 6.45) is 0. The highest BCUT2D eigenvalue weighted by molar-refractivity contribution is 9.10. The van der Waals surface area contributed by atoms with Crippen molar-refractivity contribution in [3.63, 3.8) is 0 Å². The molecule has 0 aliphatic carbocycles. The number of hydrogen-bond acceptors (Lipinski definition) is 3. The van der Waals surface area contributed by atoms with E-state index in [0.29, 0.717) is 12.5 Å². The Labute approximate surface area is 108 Å². The highest BCUT2D eigenvalue weighted by atomic mass is 79.9. The SMILES string of the molecule is CN1C(N)=NCC1(C)c1ccc(Br)cc1Cl. The van der Waals surface area contributed by atoms with Crippen molar-refractivity contribution in [3.05, 3.63) is 33.3 Å². The van der Waals surface area contributed by atoms with Crippen LogP contribution in [0.15, 0.2) is 27.7 Å². The van der Waals surface area contributed by atoms with Gasteiger partial charge in [0.15, 0.2) is 5.96 Å². The number of nitrogens with zero attached hydrogens (tertiary/aromatic N) is 2. The Morgan fingerprint density at radius 1 is 1.56 bits per heavy atom. The van der Waals surface area contributed by atoms with Gasteiger partial charge in [0, 0.05) is 16.5 Å². The van der Waals surface area contributed by atoms with Gasteiger partial charge in [0.1, 0.15) is 0 Å². The molecular weight excluding hydrogens is 289 g/mol. The van der Waals surface area contributed by atoms with Crippen LogP contribution in [-0.4, -0.2) is 24.5 Å². The molecule has 1 heterocycles. The van der Waals surface area contributed by atoms with E-state index in [9.17, 15) is 0 Å². The second kappa shape index (κ2) is 3.93. The van der Waals surface area contributed by atoms with Gasteiger partial charge in [-0.3, -0.25) is 4.99 Å². The predicted octanol–water partition coefficient (Wildman–Crippen LogP) is 2.58. The zero-order chi connectivity index (χ0) is 11.9. The monoisotopic (exact) mass is 301 g/mol. The molecule has 0 amide bonds. The molecule has 16 heavy (non-hydrogen) atoms. The molecule has 2 N–H and O–H groups in total. The summed E-state index contributed by atoms with van der Waals surface area (Å²) in [6.45, 7) is 2.72. The zero-order valence-electron chi connectivity index (χ0n) is 9.17. The molecule has 1 aliphatic rings. The third-order valence-corrected chi connectivity index (χ3v) is 3.95. The summed E-state index contributed by atoms with van der Waals surface area (Å²) in [5.41, 5.74) is 6.59. The van der Waals surface area contributed by atoms with Crippen LogP contribution < -0.4 is 5.73 Å². The van der Waals surface area contributed by atoms with E-state index in [1.54, 1.807) is 0 Å². The molecule has 3 nitrogen and oxygen atoms in total. The Hall–Kier alpha value is -0.740. The summed E-state index contributed by atoms with van der Waals surface area (Å²) in [5, 5.41) is 0.730. The first-order chi connectivity index (χ1) is 7.45. The van der Waals surface area contributed by atoms with Crippen LogP contribution in [0.1, 0.15) is 12.5 Å². The molecule has 5 heteroatoms. The summed E-state index contributed by atoms with van der Waals surface area (Å²) < 4.78 is 0.972. The fourth-order valence-electron chi connectivity index (χ4n) is 1.89. The Balaban J connectivity index is 2.45. The van der Waals surface area contributed by atoms with E-state index < -0.39 is 0 Å². The average Bonchev–Trinajstić information content (AvgIpc) is 2.47. The molecule has 86 valence electrons. The molecule has 0 saturated heterocycles. The van der Waals surface area contributed by atoms with Gasteiger partial charge in [-0.25, -0.2) is 0 Å². The third kappa shape index (κ3) is 1.70. The van der Waals surface area contributed by atoms with Gasteiger partial charge < -0.3 is 10.6 Å². The number of guanidine groups is 1. The van der Waals surface area contributed by atoms with Gasteiger partial charge in [0.05, 0.1) is 12.1 Å². The van der Waals surface area contributed by atoms with Crippen LogP contribution in [-0.2, 0) is 5.54 Å². The van der Waals surface area contributed by atoms with Crippen LogP contribution in [0.25, 0.3) is 0 Å². The van der Waals surface area contributed by atoms with Gasteiger partial charge in [0.25, 0.3) is 0 Å². The minimum absolute atomic E-state index is 0.248. The van der Waals surface area contributed by atoms with E-state index in [-0.39, 0.29) is 5.54 Å². The number of nitrogens with two attached hydrogens (primary N) is 1. The maximum absolute atomic E-state index is 6.26. The molecule has 1 unspecified atom stereocenters. The van der Waals surface area contributed by atoms with Gasteiger partial charge in [-0.05, 0) is 24.6 Å². The van der Waals surface area contributed by atoms with Crippen molar-refractivity contribution in [2.24, 2.45) is 10.7 Å². The zero-order valence-corrected chi connectivity index (χ0v) is 11.5. The molecule has 1 aliphatic heterocycles. The fraction of sp³-hybridized carbons (Fsp3) is 0.364. The van der Waals surface area contributed by atoms with Crippen molar-refractivity contribution in [2.45, 2.75) is 12.5 Å². The fourth-order valence-corrected chi connectivity index (χ4v) is 2.77. The first-order valence-corrected chi connectivity index (χ1v) is 6.11. The third-order valence-electron chi connectivity index (χ3n) is 3.14. The highest BCUT2D eigenvalue weighted by Crippen LogP contribution is 2.36. The lowest BCUT2D eigenvalue weighted by atomic mass is 9.91. The van der Waals surface area contributed by atoms with Crippen molar-refractivity contribution in [1.29, 1.82) is 0 Å². The molecule has 1 aromatic rings. The molecule has 0 bridgehead atoms. The molecule has 0 radical (unpaired) electrons. The van der Waals surface area contributed by atoms with Crippen LogP contribution >= 0.6 is 27.5 Å². The highest BCUT2D eigenvalue weighted by Gasteiger charge is 2.38. The Morgan fingerprint density at radius 2 is 2.25 bits per heavy atom. The van der Waals surface area contributed by atoms with E-state index in [1.807, 2.05) is 30.1 Å². The topological polar surface area (TPSA) is 41.6 Å². The molecule has 0 aromatic heterocycles. The summed E-state index contributed by atoms with van der Waals surface area (Å²) in [4.78, 5) is 6.22. The second-order valence-corrected chi connectivity index (χ2v) is 5.45. The lowest BCUT2D eigenvalue weighted by Crippen LogP contribution is -2.44. The van der Waals surface area contributed by atoms with Crippen molar-refractivity contribution in [2.75, 3.05) is 13.6 Å². The first kappa shape index (κ1) is 11.7.